The van der Waals surface area contributed by atoms with Gasteiger partial charge in [-0.15, -0.1) is 0 Å². The van der Waals surface area contributed by atoms with Crippen LogP contribution in [0.1, 0.15) is 103 Å². The third-order valence-corrected chi connectivity index (χ3v) is 5.45. The molecule has 0 heterocycles. The number of unbranched alkanes of at least 4 members (excludes halogenated alkanes) is 9. The van der Waals surface area contributed by atoms with E-state index in [0.717, 1.165) is 44.9 Å². The molecule has 0 rings (SSSR count). The van der Waals surface area contributed by atoms with Crippen LogP contribution < -0.4 is 10.6 Å². The number of rotatable bonds is 27. The number of amides is 2. The number of carbonyl (C=O) groups excluding carboxylic acids is 3. The van der Waals surface area contributed by atoms with Crippen molar-refractivity contribution in [2.24, 2.45) is 0 Å². The Bertz CT molecular complexity index is 544. The maximum Gasteiger partial charge on any atom is 0.303 e. The van der Waals surface area contributed by atoms with Crippen LogP contribution in [0, 0.1) is 0 Å². The van der Waals surface area contributed by atoms with Gasteiger partial charge in [0.2, 0.25) is 11.8 Å². The van der Waals surface area contributed by atoms with E-state index in [-0.39, 0.29) is 31.1 Å². The molecule has 0 aliphatic heterocycles. The van der Waals surface area contributed by atoms with Gasteiger partial charge in [-0.1, -0.05) is 51.4 Å². The maximum atomic E-state index is 11.8. The lowest BCUT2D eigenvalue weighted by Crippen LogP contribution is -2.25. The number of hydrogen-bond donors (Lipinski definition) is 3. The molecule has 0 saturated carbocycles. The largest absolute Gasteiger partial charge is 0.481 e. The highest BCUT2D eigenvalue weighted by Gasteiger charge is 2.02. The minimum absolute atomic E-state index is 0.103. The van der Waals surface area contributed by atoms with E-state index >= 15 is 0 Å². The fourth-order valence-corrected chi connectivity index (χ4v) is 3.44. The summed E-state index contributed by atoms with van der Waals surface area (Å²) >= 11 is 0. The number of carbonyl (C=O) groups is 3. The molecule has 1 radical (unpaired) electrons. The smallest absolute Gasteiger partial charge is 0.303 e. The van der Waals surface area contributed by atoms with E-state index in [4.69, 9.17) is 14.6 Å². The SMILES string of the molecule is O=[C]CCC(=O)NCCCOCCOCCCNC(=O)CCCCCCCCCCCCC(=O)O. The summed E-state index contributed by atoms with van der Waals surface area (Å²) in [5.41, 5.74) is 0. The van der Waals surface area contributed by atoms with Gasteiger partial charge in [-0.05, 0) is 25.7 Å². The Balaban J connectivity index is 3.21. The van der Waals surface area contributed by atoms with Crippen molar-refractivity contribution in [3.05, 3.63) is 0 Å². The second-order valence-corrected chi connectivity index (χ2v) is 8.71. The van der Waals surface area contributed by atoms with Crippen LogP contribution in [-0.4, -0.2) is 68.7 Å². The van der Waals surface area contributed by atoms with E-state index < -0.39 is 5.97 Å². The second-order valence-electron chi connectivity index (χ2n) is 8.71. The lowest BCUT2D eigenvalue weighted by Gasteiger charge is -2.08. The van der Waals surface area contributed by atoms with Gasteiger partial charge in [0.15, 0.2) is 6.29 Å². The molecule has 2 amide bonds. The van der Waals surface area contributed by atoms with Gasteiger partial charge in [-0.25, -0.2) is 0 Å². The summed E-state index contributed by atoms with van der Waals surface area (Å²) in [6, 6.07) is 0. The Morgan fingerprint density at radius 3 is 1.46 bits per heavy atom. The molecule has 203 valence electrons. The monoisotopic (exact) mass is 499 g/mol. The van der Waals surface area contributed by atoms with Crippen molar-refractivity contribution in [2.45, 2.75) is 103 Å². The number of ether oxygens (including phenoxy) is 2. The molecule has 0 aliphatic rings. The fraction of sp³-hybridized carbons (Fsp3) is 0.846. The number of carboxylic acids is 1. The van der Waals surface area contributed by atoms with Crippen LogP contribution in [0.4, 0.5) is 0 Å². The first-order valence-electron chi connectivity index (χ1n) is 13.3. The van der Waals surface area contributed by atoms with Crippen LogP contribution in [-0.2, 0) is 28.7 Å². The Morgan fingerprint density at radius 1 is 0.571 bits per heavy atom. The Labute approximate surface area is 211 Å². The molecule has 0 aromatic heterocycles. The summed E-state index contributed by atoms with van der Waals surface area (Å²) in [4.78, 5) is 43.6. The van der Waals surface area contributed by atoms with Gasteiger partial charge in [0.1, 0.15) is 0 Å². The van der Waals surface area contributed by atoms with Gasteiger partial charge >= 0.3 is 5.97 Å². The summed E-state index contributed by atoms with van der Waals surface area (Å²) in [5.74, 6) is -0.743. The number of hydrogen-bond acceptors (Lipinski definition) is 6. The molecule has 0 spiro atoms. The average molecular weight is 500 g/mol. The van der Waals surface area contributed by atoms with Crippen molar-refractivity contribution in [1.29, 1.82) is 0 Å². The summed E-state index contributed by atoms with van der Waals surface area (Å²) in [7, 11) is 0. The van der Waals surface area contributed by atoms with Crippen LogP contribution in [0.5, 0.6) is 0 Å². The lowest BCUT2D eigenvalue weighted by molar-refractivity contribution is -0.137. The molecule has 3 N–H and O–H groups in total. The van der Waals surface area contributed by atoms with Crippen molar-refractivity contribution in [1.82, 2.24) is 10.6 Å². The molecule has 0 atom stereocenters. The maximum absolute atomic E-state index is 11.8. The number of nitrogens with one attached hydrogen (secondary N) is 2. The molecule has 0 bridgehead atoms. The first-order valence-corrected chi connectivity index (χ1v) is 13.3. The third-order valence-electron chi connectivity index (χ3n) is 5.45. The van der Waals surface area contributed by atoms with E-state index in [1.165, 1.54) is 25.7 Å². The first kappa shape index (κ1) is 33.0. The predicted octanol–water partition coefficient (Wildman–Crippen LogP) is 3.69. The van der Waals surface area contributed by atoms with Gasteiger partial charge < -0.3 is 25.2 Å². The van der Waals surface area contributed by atoms with E-state index in [9.17, 15) is 19.2 Å². The molecule has 35 heavy (non-hydrogen) atoms. The minimum atomic E-state index is -0.702. The van der Waals surface area contributed by atoms with Crippen LogP contribution in [0.2, 0.25) is 0 Å². The highest BCUT2D eigenvalue weighted by molar-refractivity contribution is 5.78. The predicted molar refractivity (Wildman–Crippen MR) is 135 cm³/mol. The normalized spacial score (nSPS) is 10.7. The molecule has 0 aromatic rings. The molecule has 0 aliphatic carbocycles. The van der Waals surface area contributed by atoms with Crippen molar-refractivity contribution >= 4 is 24.1 Å². The molecule has 0 saturated heterocycles. The van der Waals surface area contributed by atoms with Crippen molar-refractivity contribution < 1.29 is 33.8 Å². The standard InChI is InChI=1S/C26H47N2O7/c29-19-11-15-25(31)28-18-13-21-35-23-22-34-20-12-17-27-24(30)14-9-7-5-3-1-2-4-6-8-10-16-26(32)33/h1-18,20-23H2,(H,27,30)(H,28,31)(H,32,33). The third kappa shape index (κ3) is 28.1. The molecular weight excluding hydrogens is 452 g/mol. The summed E-state index contributed by atoms with van der Waals surface area (Å²) in [6.45, 7) is 3.25. The molecular formula is C26H47N2O7. The fourth-order valence-electron chi connectivity index (χ4n) is 3.44. The molecule has 9 nitrogen and oxygen atoms in total. The van der Waals surface area contributed by atoms with Crippen molar-refractivity contribution in [3.8, 4) is 0 Å². The van der Waals surface area contributed by atoms with Crippen LogP contribution in [0.15, 0.2) is 0 Å². The summed E-state index contributed by atoms with van der Waals surface area (Å²) in [6.07, 6.45) is 15.3. The van der Waals surface area contributed by atoms with E-state index in [1.54, 1.807) is 6.29 Å². The zero-order valence-corrected chi connectivity index (χ0v) is 21.5. The van der Waals surface area contributed by atoms with Gasteiger partial charge in [0, 0.05) is 52.0 Å². The first-order chi connectivity index (χ1) is 17.1. The van der Waals surface area contributed by atoms with Gasteiger partial charge in [0.05, 0.1) is 13.2 Å². The second kappa shape index (κ2) is 26.6. The van der Waals surface area contributed by atoms with E-state index in [1.807, 2.05) is 0 Å². The van der Waals surface area contributed by atoms with Gasteiger partial charge in [0.25, 0.3) is 0 Å². The Morgan fingerprint density at radius 2 is 1.00 bits per heavy atom. The quantitative estimate of drug-likeness (QED) is 0.147. The molecule has 0 aromatic carbocycles. The Hall–Kier alpha value is -2.00. The highest BCUT2D eigenvalue weighted by Crippen LogP contribution is 2.12. The molecule has 0 unspecified atom stereocenters. The lowest BCUT2D eigenvalue weighted by atomic mass is 10.1. The van der Waals surface area contributed by atoms with Crippen molar-refractivity contribution in [3.63, 3.8) is 0 Å². The van der Waals surface area contributed by atoms with Crippen molar-refractivity contribution in [2.75, 3.05) is 39.5 Å². The Kier molecular flexibility index (Phi) is 25.1. The highest BCUT2D eigenvalue weighted by atomic mass is 16.5. The zero-order valence-electron chi connectivity index (χ0n) is 21.5. The van der Waals surface area contributed by atoms with Gasteiger partial charge in [-0.3, -0.25) is 19.2 Å². The van der Waals surface area contributed by atoms with E-state index in [0.29, 0.717) is 52.4 Å². The minimum Gasteiger partial charge on any atom is -0.481 e. The average Bonchev–Trinajstić information content (AvgIpc) is 2.83. The van der Waals surface area contributed by atoms with Crippen LogP contribution in [0.25, 0.3) is 0 Å². The zero-order chi connectivity index (χ0) is 25.8. The van der Waals surface area contributed by atoms with E-state index in [2.05, 4.69) is 10.6 Å². The number of aliphatic carboxylic acids is 1. The number of carboxylic acid groups (broad SMARTS) is 1. The summed E-state index contributed by atoms with van der Waals surface area (Å²) in [5, 5.41) is 14.2. The molecule has 0 fully saturated rings. The topological polar surface area (TPSA) is 131 Å². The summed E-state index contributed by atoms with van der Waals surface area (Å²) < 4.78 is 10.9. The van der Waals surface area contributed by atoms with Crippen LogP contribution >= 0.6 is 0 Å². The van der Waals surface area contributed by atoms with Crippen LogP contribution in [0.3, 0.4) is 0 Å². The van der Waals surface area contributed by atoms with Gasteiger partial charge in [-0.2, -0.15) is 0 Å². The molecule has 9 heteroatoms.